The van der Waals surface area contributed by atoms with Gasteiger partial charge in [-0.15, -0.1) is 0 Å². The number of aliphatic hydroxyl groups excluding tert-OH is 2. The van der Waals surface area contributed by atoms with Gasteiger partial charge in [0.25, 0.3) is 0 Å². The summed E-state index contributed by atoms with van der Waals surface area (Å²) in [4.78, 5) is 0. The predicted molar refractivity (Wildman–Crippen MR) is 149 cm³/mol. The van der Waals surface area contributed by atoms with Gasteiger partial charge in [0.05, 0.1) is 50.3 Å². The predicted octanol–water partition coefficient (Wildman–Crippen LogP) is 4.29. The Hall–Kier alpha value is -1.88. The van der Waals surface area contributed by atoms with E-state index < -0.39 is 12.2 Å². The van der Waals surface area contributed by atoms with E-state index in [1.54, 1.807) is 0 Å². The first-order valence-electron chi connectivity index (χ1n) is 14.4. The number of hydrogen-bond acceptors (Lipinski definition) is 8. The van der Waals surface area contributed by atoms with E-state index in [0.717, 1.165) is 29.7 Å². The van der Waals surface area contributed by atoms with Crippen molar-refractivity contribution in [1.82, 2.24) is 0 Å². The maximum Gasteiger partial charge on any atom is 0.184 e. The highest BCUT2D eigenvalue weighted by atomic mass is 16.7. The van der Waals surface area contributed by atoms with E-state index in [9.17, 15) is 10.2 Å². The largest absolute Gasteiger partial charge is 0.389 e. The second kappa shape index (κ2) is 13.0. The lowest BCUT2D eigenvalue weighted by molar-refractivity contribution is -0.230. The van der Waals surface area contributed by atoms with Crippen LogP contribution in [-0.2, 0) is 28.4 Å². The molecule has 2 unspecified atom stereocenters. The van der Waals surface area contributed by atoms with Gasteiger partial charge in [0.15, 0.2) is 12.6 Å². The molecule has 40 heavy (non-hydrogen) atoms. The van der Waals surface area contributed by atoms with E-state index in [2.05, 4.69) is 26.7 Å². The summed E-state index contributed by atoms with van der Waals surface area (Å²) in [5, 5.41) is 19.2. The monoisotopic (exact) mass is 556 g/mol. The van der Waals surface area contributed by atoms with Crippen molar-refractivity contribution in [3.8, 4) is 0 Å². The molecule has 3 saturated heterocycles. The minimum absolute atomic E-state index is 0.0384. The SMILES string of the molecule is C=C1[C@H](C)C[C@@H]2OCOC[C@@H]12.C=C1[C@H](O)C[C@@H]2OC(C)OC[C@@H]12.C=C1[C@H](O)C[C@@H]2OC(c3ccccc3)OC[C@@H]12. The summed E-state index contributed by atoms with van der Waals surface area (Å²) in [6, 6.07) is 9.89. The van der Waals surface area contributed by atoms with Gasteiger partial charge in [-0.3, -0.25) is 0 Å². The van der Waals surface area contributed by atoms with Crippen LogP contribution in [0.15, 0.2) is 66.8 Å². The van der Waals surface area contributed by atoms with Crippen LogP contribution < -0.4 is 0 Å². The average Bonchev–Trinajstić information content (AvgIpc) is 3.53. The quantitative estimate of drug-likeness (QED) is 0.495. The summed E-state index contributed by atoms with van der Waals surface area (Å²) in [6.45, 7) is 18.4. The zero-order chi connectivity index (χ0) is 28.4. The second-order valence-electron chi connectivity index (χ2n) is 11.7. The minimum Gasteiger partial charge on any atom is -0.389 e. The molecule has 1 aromatic carbocycles. The van der Waals surface area contributed by atoms with Crippen molar-refractivity contribution in [2.45, 2.75) is 76.2 Å². The van der Waals surface area contributed by atoms with Crippen LogP contribution in [0.2, 0.25) is 0 Å². The van der Waals surface area contributed by atoms with Crippen LogP contribution in [0.25, 0.3) is 0 Å². The van der Waals surface area contributed by atoms with Crippen LogP contribution in [0.4, 0.5) is 0 Å². The molecular formula is C32H44O8. The van der Waals surface area contributed by atoms with Gasteiger partial charge >= 0.3 is 0 Å². The Morgan fingerprint density at radius 1 is 0.675 bits per heavy atom. The van der Waals surface area contributed by atoms with Crippen LogP contribution in [0, 0.1) is 23.7 Å². The molecule has 3 aliphatic heterocycles. The summed E-state index contributed by atoms with van der Waals surface area (Å²) in [7, 11) is 0. The van der Waals surface area contributed by atoms with Gasteiger partial charge in [0, 0.05) is 36.2 Å². The molecule has 6 aliphatic rings. The fourth-order valence-corrected chi connectivity index (χ4v) is 6.45. The molecule has 0 spiro atoms. The Balaban J connectivity index is 0.000000125. The van der Waals surface area contributed by atoms with Gasteiger partial charge in [-0.2, -0.15) is 0 Å². The number of aliphatic hydroxyl groups is 2. The Labute approximate surface area is 237 Å². The van der Waals surface area contributed by atoms with Crippen molar-refractivity contribution in [2.24, 2.45) is 23.7 Å². The minimum atomic E-state index is -0.442. The van der Waals surface area contributed by atoms with Crippen LogP contribution >= 0.6 is 0 Å². The summed E-state index contributed by atoms with van der Waals surface area (Å²) in [5.41, 5.74) is 4.06. The van der Waals surface area contributed by atoms with Crippen LogP contribution in [0.1, 0.15) is 45.0 Å². The Morgan fingerprint density at radius 2 is 1.27 bits per heavy atom. The lowest BCUT2D eigenvalue weighted by Crippen LogP contribution is -2.35. The number of ether oxygens (including phenoxy) is 6. The maximum atomic E-state index is 9.75. The molecule has 0 bridgehead atoms. The van der Waals surface area contributed by atoms with Crippen molar-refractivity contribution in [3.63, 3.8) is 0 Å². The first kappa shape index (κ1) is 29.6. The molecule has 8 heteroatoms. The van der Waals surface area contributed by atoms with E-state index in [4.69, 9.17) is 28.4 Å². The van der Waals surface area contributed by atoms with Crippen LogP contribution in [0.5, 0.6) is 0 Å². The summed E-state index contributed by atoms with van der Waals surface area (Å²) >= 11 is 0. The molecule has 11 atom stereocenters. The first-order valence-corrected chi connectivity index (χ1v) is 14.4. The van der Waals surface area contributed by atoms with E-state index in [0.29, 0.717) is 50.8 Å². The van der Waals surface area contributed by atoms with E-state index in [1.165, 1.54) is 5.57 Å². The number of rotatable bonds is 1. The summed E-state index contributed by atoms with van der Waals surface area (Å²) < 4.78 is 33.1. The highest BCUT2D eigenvalue weighted by molar-refractivity contribution is 5.20. The Kier molecular flexibility index (Phi) is 9.60. The van der Waals surface area contributed by atoms with Gasteiger partial charge in [-0.25, -0.2) is 0 Å². The first-order chi connectivity index (χ1) is 19.2. The number of hydrogen-bond donors (Lipinski definition) is 2. The van der Waals surface area contributed by atoms with E-state index in [-0.39, 0.29) is 36.6 Å². The molecule has 3 heterocycles. The van der Waals surface area contributed by atoms with Crippen molar-refractivity contribution in [2.75, 3.05) is 26.6 Å². The number of benzene rings is 1. The molecule has 0 radical (unpaired) electrons. The van der Waals surface area contributed by atoms with Gasteiger partial charge in [-0.1, -0.05) is 62.6 Å². The third-order valence-corrected chi connectivity index (χ3v) is 9.10. The molecule has 3 saturated carbocycles. The van der Waals surface area contributed by atoms with Gasteiger partial charge in [-0.05, 0) is 30.4 Å². The van der Waals surface area contributed by atoms with Gasteiger partial charge in [0.2, 0.25) is 0 Å². The zero-order valence-corrected chi connectivity index (χ0v) is 23.7. The maximum absolute atomic E-state index is 9.75. The van der Waals surface area contributed by atoms with Gasteiger partial charge < -0.3 is 38.6 Å². The lowest BCUT2D eigenvalue weighted by Gasteiger charge is -2.32. The fourth-order valence-electron chi connectivity index (χ4n) is 6.45. The zero-order valence-electron chi connectivity index (χ0n) is 23.7. The molecule has 2 N–H and O–H groups in total. The molecule has 7 rings (SSSR count). The molecule has 3 aliphatic carbocycles. The standard InChI is InChI=1S/C14H16O3.C9H14O3.C9H14O2/c1-9-11-8-16-14(10-5-3-2-4-6-10)17-13(11)7-12(9)15;1-5-7-4-11-6(2)12-9(7)3-8(5)10;1-6-3-9-8(7(6)2)4-10-5-11-9/h2-6,11-15H,1,7-8H2;6-10H,1,3-4H2,2H3;6,8-9H,2-5H2,1H3/t11-,12+,13-,14?;6?,7-,8+,9-;6-,8+,9+/m001/s1. The van der Waals surface area contributed by atoms with E-state index in [1.807, 2.05) is 37.3 Å². The molecule has 6 fully saturated rings. The van der Waals surface area contributed by atoms with Gasteiger partial charge in [0.1, 0.15) is 6.79 Å². The Bertz CT molecular complexity index is 1040. The van der Waals surface area contributed by atoms with E-state index >= 15 is 0 Å². The highest BCUT2D eigenvalue weighted by Gasteiger charge is 2.43. The van der Waals surface area contributed by atoms with Crippen molar-refractivity contribution in [3.05, 3.63) is 72.4 Å². The molecule has 1 aromatic rings. The summed E-state index contributed by atoms with van der Waals surface area (Å²) in [6.07, 6.45) is 1.72. The van der Waals surface area contributed by atoms with Crippen molar-refractivity contribution >= 4 is 0 Å². The third kappa shape index (κ3) is 6.45. The third-order valence-electron chi connectivity index (χ3n) is 9.10. The highest BCUT2D eigenvalue weighted by Crippen LogP contribution is 2.41. The van der Waals surface area contributed by atoms with Crippen molar-refractivity contribution < 1.29 is 38.6 Å². The summed E-state index contributed by atoms with van der Waals surface area (Å²) in [5.74, 6) is 1.44. The number of fused-ring (bicyclic) bond motifs is 3. The lowest BCUT2D eigenvalue weighted by atomic mass is 10.00. The van der Waals surface area contributed by atoms with Crippen LogP contribution in [-0.4, -0.2) is 73.6 Å². The molecule has 0 aromatic heterocycles. The Morgan fingerprint density at radius 3 is 1.93 bits per heavy atom. The molecule has 0 amide bonds. The molecular weight excluding hydrogens is 512 g/mol. The van der Waals surface area contributed by atoms with Crippen molar-refractivity contribution in [1.29, 1.82) is 0 Å². The van der Waals surface area contributed by atoms with Crippen LogP contribution in [0.3, 0.4) is 0 Å². The topological polar surface area (TPSA) is 95.8 Å². The smallest absolute Gasteiger partial charge is 0.184 e. The molecule has 220 valence electrons. The molecule has 8 nitrogen and oxygen atoms in total. The fraction of sp³-hybridized carbons (Fsp3) is 0.625. The second-order valence-corrected chi connectivity index (χ2v) is 11.7. The average molecular weight is 557 g/mol. The normalized spacial score (nSPS) is 42.1.